The standard InChI is InChI=1S/C67H130O17P2/c1-5-9-13-17-21-24-26-27-28-29-30-31-32-33-34-35-36-38-42-46-50-54-67(72)84-63(58-78-65(70)52-48-44-41-37-25-22-18-14-10-6-2)60-82-86(75,76)80-56-61(68)55-79-85(73,74)81-59-62(57-77-64(69)51-47-43-39-20-16-12-8-4)83-66(71)53-49-45-40-23-19-15-11-7-3/h61-63,68H,5-60H2,1-4H3,(H,73,74)(H,75,76)/t61-,62+,63+/m0/s1. The second kappa shape index (κ2) is 61.9. The van der Waals surface area contributed by atoms with E-state index in [0.717, 1.165) is 109 Å². The Morgan fingerprint density at radius 3 is 0.686 bits per heavy atom. The first-order chi connectivity index (χ1) is 41.7. The number of phosphoric ester groups is 2. The maximum absolute atomic E-state index is 13.0. The molecule has 5 atom stereocenters. The second-order valence-electron chi connectivity index (χ2n) is 24.2. The highest BCUT2D eigenvalue weighted by molar-refractivity contribution is 7.47. The lowest BCUT2D eigenvalue weighted by molar-refractivity contribution is -0.161. The molecule has 3 N–H and O–H groups in total. The van der Waals surface area contributed by atoms with E-state index < -0.39 is 97.5 Å². The Balaban J connectivity index is 5.08. The summed E-state index contributed by atoms with van der Waals surface area (Å²) in [5.41, 5.74) is 0. The van der Waals surface area contributed by atoms with Crippen LogP contribution in [0.25, 0.3) is 0 Å². The molecule has 0 amide bonds. The van der Waals surface area contributed by atoms with Gasteiger partial charge in [-0.1, -0.05) is 297 Å². The number of aliphatic hydroxyl groups is 1. The number of carbonyl (C=O) groups excluding carboxylic acids is 4. The lowest BCUT2D eigenvalue weighted by Crippen LogP contribution is -2.30. The third kappa shape index (κ3) is 60.9. The van der Waals surface area contributed by atoms with Gasteiger partial charge >= 0.3 is 39.5 Å². The van der Waals surface area contributed by atoms with Crippen LogP contribution in [0.5, 0.6) is 0 Å². The summed E-state index contributed by atoms with van der Waals surface area (Å²) in [5, 5.41) is 10.5. The molecule has 0 fully saturated rings. The van der Waals surface area contributed by atoms with Gasteiger partial charge in [-0.25, -0.2) is 9.13 Å². The van der Waals surface area contributed by atoms with Crippen LogP contribution in [0, 0.1) is 0 Å². The Labute approximate surface area is 524 Å². The highest BCUT2D eigenvalue weighted by atomic mass is 31.2. The fourth-order valence-corrected chi connectivity index (χ4v) is 11.7. The monoisotopic (exact) mass is 1270 g/mol. The van der Waals surface area contributed by atoms with E-state index >= 15 is 0 Å². The lowest BCUT2D eigenvalue weighted by atomic mass is 10.0. The summed E-state index contributed by atoms with van der Waals surface area (Å²) in [7, 11) is -9.88. The van der Waals surface area contributed by atoms with Gasteiger partial charge in [-0.15, -0.1) is 0 Å². The summed E-state index contributed by atoms with van der Waals surface area (Å²) < 4.78 is 67.9. The molecular formula is C67H130O17P2. The van der Waals surface area contributed by atoms with Gasteiger partial charge in [0.2, 0.25) is 0 Å². The van der Waals surface area contributed by atoms with Crippen LogP contribution in [0.4, 0.5) is 0 Å². The van der Waals surface area contributed by atoms with Crippen LogP contribution in [-0.2, 0) is 65.4 Å². The molecule has 0 aliphatic carbocycles. The summed E-state index contributed by atoms with van der Waals surface area (Å²) in [4.78, 5) is 72.1. The first kappa shape index (κ1) is 84.1. The molecule has 0 aromatic carbocycles. The zero-order valence-electron chi connectivity index (χ0n) is 55.3. The molecule has 0 aromatic rings. The highest BCUT2D eigenvalue weighted by Gasteiger charge is 2.30. The van der Waals surface area contributed by atoms with Gasteiger partial charge in [0.25, 0.3) is 0 Å². The van der Waals surface area contributed by atoms with Crippen LogP contribution in [0.3, 0.4) is 0 Å². The van der Waals surface area contributed by atoms with Crippen LogP contribution >= 0.6 is 15.6 Å². The molecule has 0 bridgehead atoms. The van der Waals surface area contributed by atoms with E-state index in [1.54, 1.807) is 0 Å². The van der Waals surface area contributed by atoms with E-state index in [1.165, 1.54) is 161 Å². The van der Waals surface area contributed by atoms with Crippen LogP contribution < -0.4 is 0 Å². The molecule has 86 heavy (non-hydrogen) atoms. The quantitative estimate of drug-likeness (QED) is 0.0222. The SMILES string of the molecule is CCCCCCCCCCCCCCCCCCCCCCCC(=O)O[C@H](COC(=O)CCCCCCCCCCCC)COP(=O)(O)OC[C@@H](O)COP(=O)(O)OC[C@@H](COC(=O)CCCCCCCCC)OC(=O)CCCCCCCCCC. The van der Waals surface area contributed by atoms with Crippen LogP contribution in [0.15, 0.2) is 0 Å². The molecule has 0 aromatic heterocycles. The molecule has 2 unspecified atom stereocenters. The topological polar surface area (TPSA) is 237 Å². The van der Waals surface area contributed by atoms with Gasteiger partial charge in [0.15, 0.2) is 12.2 Å². The van der Waals surface area contributed by atoms with Crippen molar-refractivity contribution in [3.05, 3.63) is 0 Å². The van der Waals surface area contributed by atoms with Crippen LogP contribution in [0.2, 0.25) is 0 Å². The Morgan fingerprint density at radius 2 is 0.465 bits per heavy atom. The zero-order chi connectivity index (χ0) is 63.3. The van der Waals surface area contributed by atoms with Crippen molar-refractivity contribution in [1.29, 1.82) is 0 Å². The van der Waals surface area contributed by atoms with Gasteiger partial charge in [-0.3, -0.25) is 37.3 Å². The van der Waals surface area contributed by atoms with Crippen molar-refractivity contribution in [2.24, 2.45) is 0 Å². The number of carbonyl (C=O) groups is 4. The fraction of sp³-hybridized carbons (Fsp3) is 0.940. The van der Waals surface area contributed by atoms with E-state index in [4.69, 9.17) is 37.0 Å². The molecule has 510 valence electrons. The molecular weight excluding hydrogens is 1140 g/mol. The van der Waals surface area contributed by atoms with Gasteiger partial charge in [-0.05, 0) is 25.7 Å². The van der Waals surface area contributed by atoms with E-state index in [2.05, 4.69) is 27.7 Å². The number of rotatable bonds is 68. The molecule has 19 heteroatoms. The minimum Gasteiger partial charge on any atom is -0.462 e. The van der Waals surface area contributed by atoms with E-state index in [9.17, 15) is 43.2 Å². The fourth-order valence-electron chi connectivity index (χ4n) is 10.2. The maximum Gasteiger partial charge on any atom is 0.472 e. The van der Waals surface area contributed by atoms with E-state index in [1.807, 2.05) is 0 Å². The Kier molecular flexibility index (Phi) is 60.5. The second-order valence-corrected chi connectivity index (χ2v) is 27.1. The number of ether oxygens (including phenoxy) is 4. The molecule has 17 nitrogen and oxygen atoms in total. The number of hydrogen-bond donors (Lipinski definition) is 3. The summed E-state index contributed by atoms with van der Waals surface area (Å²) >= 11 is 0. The molecule has 0 rings (SSSR count). The molecule has 0 radical (unpaired) electrons. The third-order valence-electron chi connectivity index (χ3n) is 15.6. The van der Waals surface area contributed by atoms with Gasteiger partial charge in [-0.2, -0.15) is 0 Å². The highest BCUT2D eigenvalue weighted by Crippen LogP contribution is 2.45. The van der Waals surface area contributed by atoms with Crippen molar-refractivity contribution < 1.29 is 80.2 Å². The van der Waals surface area contributed by atoms with Gasteiger partial charge < -0.3 is 33.8 Å². The molecule has 0 aliphatic heterocycles. The van der Waals surface area contributed by atoms with E-state index in [0.29, 0.717) is 25.7 Å². The molecule has 0 saturated carbocycles. The number of aliphatic hydroxyl groups excluding tert-OH is 1. The smallest absolute Gasteiger partial charge is 0.462 e. The number of hydrogen-bond acceptors (Lipinski definition) is 15. The Hall–Kier alpha value is -1.94. The maximum atomic E-state index is 13.0. The summed E-state index contributed by atoms with van der Waals surface area (Å²) in [5.74, 6) is -2.14. The molecule has 0 saturated heterocycles. The average molecular weight is 1270 g/mol. The van der Waals surface area contributed by atoms with Crippen LogP contribution in [-0.4, -0.2) is 96.7 Å². The predicted molar refractivity (Wildman–Crippen MR) is 345 cm³/mol. The van der Waals surface area contributed by atoms with Gasteiger partial charge in [0.05, 0.1) is 26.4 Å². The van der Waals surface area contributed by atoms with Gasteiger partial charge in [0, 0.05) is 25.7 Å². The molecule has 0 heterocycles. The summed E-state index contributed by atoms with van der Waals surface area (Å²) in [6, 6.07) is 0. The van der Waals surface area contributed by atoms with Crippen molar-refractivity contribution in [2.45, 2.75) is 367 Å². The predicted octanol–water partition coefficient (Wildman–Crippen LogP) is 19.1. The first-order valence-electron chi connectivity index (χ1n) is 35.3. The summed E-state index contributed by atoms with van der Waals surface area (Å²) in [6.07, 6.45) is 49.0. The van der Waals surface area contributed by atoms with E-state index in [-0.39, 0.29) is 25.7 Å². The average Bonchev–Trinajstić information content (AvgIpc) is 3.50. The minimum absolute atomic E-state index is 0.105. The van der Waals surface area contributed by atoms with Crippen molar-refractivity contribution >= 4 is 39.5 Å². The van der Waals surface area contributed by atoms with Crippen molar-refractivity contribution in [2.75, 3.05) is 39.6 Å². The normalized spacial score (nSPS) is 14.1. The Morgan fingerprint density at radius 1 is 0.279 bits per heavy atom. The number of unbranched alkanes of at least 4 members (excludes halogenated alkanes) is 42. The van der Waals surface area contributed by atoms with Crippen molar-refractivity contribution in [1.82, 2.24) is 0 Å². The Bertz CT molecular complexity index is 1650. The molecule has 0 aliphatic rings. The van der Waals surface area contributed by atoms with Gasteiger partial charge in [0.1, 0.15) is 19.3 Å². The lowest BCUT2D eigenvalue weighted by Gasteiger charge is -2.21. The van der Waals surface area contributed by atoms with Crippen LogP contribution in [0.1, 0.15) is 349 Å². The summed E-state index contributed by atoms with van der Waals surface area (Å²) in [6.45, 7) is 4.84. The number of esters is 4. The molecule has 0 spiro atoms. The van der Waals surface area contributed by atoms with Crippen molar-refractivity contribution in [3.8, 4) is 0 Å². The van der Waals surface area contributed by atoms with Crippen molar-refractivity contribution in [3.63, 3.8) is 0 Å². The largest absolute Gasteiger partial charge is 0.472 e. The number of phosphoric acid groups is 2. The third-order valence-corrected chi connectivity index (χ3v) is 17.5. The minimum atomic E-state index is -4.94. The first-order valence-corrected chi connectivity index (χ1v) is 38.3. The zero-order valence-corrected chi connectivity index (χ0v) is 57.1.